The average Bonchev–Trinajstić information content (AvgIpc) is 3.55. The summed E-state index contributed by atoms with van der Waals surface area (Å²) in [4.78, 5) is 14.9. The Bertz CT molecular complexity index is 1760. The van der Waals surface area contributed by atoms with Crippen LogP contribution in [0.1, 0.15) is 99.8 Å². The van der Waals surface area contributed by atoms with Gasteiger partial charge in [0.1, 0.15) is 79.0 Å². The Balaban J connectivity index is 0.945. The fourth-order valence-electron chi connectivity index (χ4n) is 13.6. The molecule has 4 aliphatic carbocycles. The van der Waals surface area contributed by atoms with E-state index in [-0.39, 0.29) is 29.3 Å². The highest BCUT2D eigenvalue weighted by molar-refractivity contribution is 5.88. The maximum Gasteiger partial charge on any atom is 0.187 e. The second kappa shape index (κ2) is 19.9. The molecule has 6 fully saturated rings. The first kappa shape index (κ1) is 52.3. The fourth-order valence-corrected chi connectivity index (χ4v) is 13.6. The van der Waals surface area contributed by atoms with E-state index in [2.05, 4.69) is 53.7 Å². The van der Waals surface area contributed by atoms with Crippen LogP contribution in [0, 0.1) is 45.3 Å². The number of ketones is 1. The summed E-state index contributed by atoms with van der Waals surface area (Å²) in [5.74, 6) is 1.12. The number of Topliss-reactive ketones (excluding diaryl/α,β-unsaturated/α-hetero) is 1. The number of aliphatic hydroxyl groups excluding tert-OH is 11. The normalized spacial score (nSPS) is 50.0. The summed E-state index contributed by atoms with van der Waals surface area (Å²) < 4.78 is 34.7. The lowest BCUT2D eigenvalue weighted by Crippen LogP contribution is -2.64. The van der Waals surface area contributed by atoms with E-state index in [9.17, 15) is 61.0 Å². The molecule has 7 aliphatic rings. The van der Waals surface area contributed by atoms with Gasteiger partial charge in [0.25, 0.3) is 0 Å². The summed E-state index contributed by atoms with van der Waals surface area (Å²) >= 11 is 0. The van der Waals surface area contributed by atoms with Gasteiger partial charge >= 0.3 is 0 Å². The third kappa shape index (κ3) is 8.94. The van der Waals surface area contributed by atoms with Crippen LogP contribution in [-0.4, -0.2) is 187 Å². The molecule has 66 heavy (non-hydrogen) atoms. The molecule has 0 aromatic heterocycles. The molecule has 0 bridgehead atoms. The van der Waals surface area contributed by atoms with Gasteiger partial charge in [-0.25, -0.2) is 0 Å². The third-order valence-electron chi connectivity index (χ3n) is 18.0. The van der Waals surface area contributed by atoms with Crippen LogP contribution in [0.5, 0.6) is 0 Å². The maximum atomic E-state index is 14.9. The lowest BCUT2D eigenvalue weighted by Gasteiger charge is -2.65. The number of carbonyl (C=O) groups is 1. The van der Waals surface area contributed by atoms with Crippen LogP contribution in [0.2, 0.25) is 0 Å². The van der Waals surface area contributed by atoms with Crippen LogP contribution in [-0.2, 0) is 33.2 Å². The zero-order chi connectivity index (χ0) is 48.4. The largest absolute Gasteiger partial charge is 0.394 e. The number of carbonyl (C=O) groups excluding carboxylic acids is 1. The molecule has 18 heteroatoms. The number of aliphatic hydroxyl groups is 11. The minimum atomic E-state index is -1.67. The molecule has 23 atom stereocenters. The second-order valence-corrected chi connectivity index (χ2v) is 21.9. The summed E-state index contributed by atoms with van der Waals surface area (Å²) in [5.41, 5.74) is 0.660. The number of rotatable bonds is 14. The van der Waals surface area contributed by atoms with Crippen LogP contribution in [0.4, 0.5) is 0 Å². The Morgan fingerprint density at radius 3 is 1.88 bits per heavy atom. The van der Waals surface area contributed by atoms with E-state index >= 15 is 0 Å². The Hall–Kier alpha value is -1.53. The molecule has 3 aliphatic heterocycles. The summed E-state index contributed by atoms with van der Waals surface area (Å²) in [6.07, 6.45) is -11.5. The van der Waals surface area contributed by atoms with Crippen molar-refractivity contribution >= 4 is 5.78 Å². The van der Waals surface area contributed by atoms with E-state index in [1.165, 1.54) is 5.57 Å². The van der Waals surface area contributed by atoms with Crippen molar-refractivity contribution in [2.24, 2.45) is 45.3 Å². The molecule has 1 unspecified atom stereocenters. The molecule has 3 saturated heterocycles. The highest BCUT2D eigenvalue weighted by Gasteiger charge is 2.70. The summed E-state index contributed by atoms with van der Waals surface area (Å²) in [6, 6.07) is 0. The fraction of sp³-hybridized carbons (Fsp3) is 0.896. The first-order valence-corrected chi connectivity index (χ1v) is 24.1. The number of ether oxygens (including phenoxy) is 6. The molecule has 7 rings (SSSR count). The molecular weight excluding hydrogens is 865 g/mol. The van der Waals surface area contributed by atoms with Gasteiger partial charge in [-0.1, -0.05) is 64.8 Å². The minimum absolute atomic E-state index is 0.0192. The Labute approximate surface area is 387 Å². The van der Waals surface area contributed by atoms with E-state index in [0.29, 0.717) is 36.9 Å². The van der Waals surface area contributed by atoms with Gasteiger partial charge in [0.05, 0.1) is 32.5 Å². The second-order valence-electron chi connectivity index (χ2n) is 21.9. The lowest BCUT2D eigenvalue weighted by atomic mass is 9.38. The minimum Gasteiger partial charge on any atom is -0.394 e. The molecule has 18 nitrogen and oxygen atoms in total. The van der Waals surface area contributed by atoms with Crippen LogP contribution in [0.25, 0.3) is 0 Å². The predicted octanol–water partition coefficient (Wildman–Crippen LogP) is -0.0410. The quantitative estimate of drug-likeness (QED) is 0.102. The molecule has 3 heterocycles. The molecule has 0 aromatic rings. The molecule has 3 saturated carbocycles. The van der Waals surface area contributed by atoms with Crippen molar-refractivity contribution in [3.05, 3.63) is 23.3 Å². The summed E-state index contributed by atoms with van der Waals surface area (Å²) in [5, 5.41) is 113. The van der Waals surface area contributed by atoms with Crippen molar-refractivity contribution < 1.29 is 89.4 Å². The standard InChI is InChI=1S/C48H78O18/c1-22(20-61-42-40(59)38(57)35(54)29(65-42)21-62-43-39(58)36(55)33(52)27(18-49)63-43)9-8-10-23(2)24-15-16-46(5)30-13-11-25-26(48(30,7)31(51)17-47(24,46)6)12-14-32(45(25,3)4)66-44-41(60)37(56)34(53)28(19-50)64-44/h9,11,23-24,26-30,32-44,49-50,52-60H,8,10,12-21H2,1-7H3/b22-9+/t23-,24-,26-,27-,28-,29-,30?,32+,33-,34-,35-,36+,37+,38+,39-,40-,41-,42-,43-,44+,46+,47-,48+/m1/s1. The van der Waals surface area contributed by atoms with Crippen molar-refractivity contribution in [1.29, 1.82) is 0 Å². The number of fused-ring (bicyclic) bond motifs is 5. The maximum absolute atomic E-state index is 14.9. The van der Waals surface area contributed by atoms with E-state index < -0.39 is 129 Å². The van der Waals surface area contributed by atoms with Gasteiger partial charge in [0.15, 0.2) is 18.9 Å². The molecule has 378 valence electrons. The van der Waals surface area contributed by atoms with Crippen LogP contribution in [0.15, 0.2) is 23.3 Å². The summed E-state index contributed by atoms with van der Waals surface area (Å²) in [6.45, 7) is 13.7. The van der Waals surface area contributed by atoms with E-state index in [4.69, 9.17) is 28.4 Å². The molecule has 0 aromatic carbocycles. The van der Waals surface area contributed by atoms with Crippen molar-refractivity contribution in [1.82, 2.24) is 0 Å². The SMILES string of the molecule is C/C(=C\CC[C@@H](C)[C@H]1CC[C@@]2(C)C3CC=C4[C@@H](CC[C@H](O[C@@H]5O[C@H](CO)[C@@H](O)[C@H](O)[C@H]5O)C4(C)C)[C@]3(C)C(=O)C[C@]12C)CO[C@@H]1O[C@H](CO[C@@H]2O[C@H](CO)[C@@H](O)[C@H](O)[C@H]2O)[C@@H](O)[C@H](O)[C@H]1O. The monoisotopic (exact) mass is 943 g/mol. The molecule has 11 N–H and O–H groups in total. The first-order chi connectivity index (χ1) is 31.0. The number of allylic oxidation sites excluding steroid dienone is 2. The van der Waals surface area contributed by atoms with Crippen molar-refractivity contribution in [2.45, 2.75) is 198 Å². The van der Waals surface area contributed by atoms with Crippen molar-refractivity contribution in [2.75, 3.05) is 26.4 Å². The molecule has 0 radical (unpaired) electrons. The van der Waals surface area contributed by atoms with Gasteiger partial charge in [0.2, 0.25) is 0 Å². The van der Waals surface area contributed by atoms with E-state index in [0.717, 1.165) is 37.7 Å². The van der Waals surface area contributed by atoms with Crippen LogP contribution < -0.4 is 0 Å². The van der Waals surface area contributed by atoms with Gasteiger partial charge in [0, 0.05) is 17.3 Å². The zero-order valence-corrected chi connectivity index (χ0v) is 39.5. The van der Waals surface area contributed by atoms with Gasteiger partial charge in [-0.3, -0.25) is 4.79 Å². The Kier molecular flexibility index (Phi) is 15.8. The Morgan fingerprint density at radius 2 is 1.27 bits per heavy atom. The van der Waals surface area contributed by atoms with Crippen molar-refractivity contribution in [3.63, 3.8) is 0 Å². The Morgan fingerprint density at radius 1 is 0.727 bits per heavy atom. The summed E-state index contributed by atoms with van der Waals surface area (Å²) in [7, 11) is 0. The smallest absolute Gasteiger partial charge is 0.187 e. The van der Waals surface area contributed by atoms with E-state index in [1.54, 1.807) is 0 Å². The highest BCUT2D eigenvalue weighted by atomic mass is 16.7. The zero-order valence-electron chi connectivity index (χ0n) is 39.5. The highest BCUT2D eigenvalue weighted by Crippen LogP contribution is 2.74. The lowest BCUT2D eigenvalue weighted by molar-refractivity contribution is -0.330. The number of hydrogen-bond donors (Lipinski definition) is 11. The van der Waals surface area contributed by atoms with Crippen LogP contribution in [0.3, 0.4) is 0 Å². The predicted molar refractivity (Wildman–Crippen MR) is 233 cm³/mol. The molecule has 0 amide bonds. The number of hydrogen-bond acceptors (Lipinski definition) is 18. The topological polar surface area (TPSA) is 295 Å². The van der Waals surface area contributed by atoms with E-state index in [1.807, 2.05) is 6.92 Å². The first-order valence-electron chi connectivity index (χ1n) is 24.1. The van der Waals surface area contributed by atoms with Gasteiger partial charge in [-0.15, -0.1) is 0 Å². The van der Waals surface area contributed by atoms with Crippen molar-refractivity contribution in [3.8, 4) is 0 Å². The molecule has 0 spiro atoms. The average molecular weight is 943 g/mol. The van der Waals surface area contributed by atoms with Crippen LogP contribution >= 0.6 is 0 Å². The third-order valence-corrected chi connectivity index (χ3v) is 18.0. The van der Waals surface area contributed by atoms with Gasteiger partial charge < -0.3 is 84.6 Å². The van der Waals surface area contributed by atoms with Gasteiger partial charge in [-0.2, -0.15) is 0 Å². The van der Waals surface area contributed by atoms with Gasteiger partial charge in [-0.05, 0) is 86.4 Å². The molecular formula is C48H78O18.